The van der Waals surface area contributed by atoms with Gasteiger partial charge in [0.25, 0.3) is 0 Å². The molecule has 0 bridgehead atoms. The molecule has 0 fully saturated rings. The van der Waals surface area contributed by atoms with Crippen LogP contribution in [0.4, 0.5) is 0 Å². The minimum Gasteiger partial charge on any atom is -0.494 e. The molecule has 0 aromatic carbocycles. The molecule has 0 aliphatic carbocycles. The van der Waals surface area contributed by atoms with Crippen LogP contribution in [0.5, 0.6) is 0 Å². The van der Waals surface area contributed by atoms with Crippen molar-refractivity contribution in [1.29, 1.82) is 0 Å². The Bertz CT molecular complexity index is 203. The molecule has 0 aromatic heterocycles. The molecule has 0 spiro atoms. The minimum atomic E-state index is 0.553. The lowest BCUT2D eigenvalue weighted by atomic mass is 10.6. The van der Waals surface area contributed by atoms with E-state index in [2.05, 4.69) is 0 Å². The van der Waals surface area contributed by atoms with Crippen molar-refractivity contribution in [3.63, 3.8) is 0 Å². The molecule has 3 nitrogen and oxygen atoms in total. The van der Waals surface area contributed by atoms with Crippen molar-refractivity contribution < 1.29 is 14.2 Å². The van der Waals surface area contributed by atoms with E-state index in [1.165, 1.54) is 25.0 Å². The van der Waals surface area contributed by atoms with Crippen LogP contribution in [0, 0.1) is 0 Å². The van der Waals surface area contributed by atoms with Gasteiger partial charge in [0.1, 0.15) is 38.3 Å². The van der Waals surface area contributed by atoms with Crippen LogP contribution in [0.15, 0.2) is 49.4 Å². The Kier molecular flexibility index (Phi) is 11.0. The zero-order chi connectivity index (χ0) is 11.2. The molecule has 84 valence electrons. The summed E-state index contributed by atoms with van der Waals surface area (Å²) in [5.74, 6) is 0. The fourth-order valence-electron chi connectivity index (χ4n) is 0.603. The molecule has 0 unspecified atom stereocenters. The van der Waals surface area contributed by atoms with E-state index < -0.39 is 0 Å². The van der Waals surface area contributed by atoms with Crippen molar-refractivity contribution in [3.05, 3.63) is 49.4 Å². The topological polar surface area (TPSA) is 27.7 Å². The van der Waals surface area contributed by atoms with Crippen molar-refractivity contribution in [3.8, 4) is 0 Å². The molecule has 0 saturated carbocycles. The third-order valence-electron chi connectivity index (χ3n) is 1.32. The van der Waals surface area contributed by atoms with E-state index in [1.54, 1.807) is 0 Å². The van der Waals surface area contributed by atoms with Crippen molar-refractivity contribution in [1.82, 2.24) is 0 Å². The average Bonchev–Trinajstić information content (AvgIpc) is 2.26. The lowest BCUT2D eigenvalue weighted by molar-refractivity contribution is 0.253. The molecule has 0 heterocycles. The Hall–Kier alpha value is -1.64. The maximum Gasteiger partial charge on any atom is 0.125 e. The van der Waals surface area contributed by atoms with Crippen molar-refractivity contribution in [2.24, 2.45) is 0 Å². The monoisotopic (exact) mass is 210 g/mol. The molecule has 0 atom stereocenters. The first-order valence-corrected chi connectivity index (χ1v) is 4.82. The maximum absolute atomic E-state index is 5.04. The third-order valence-corrected chi connectivity index (χ3v) is 1.32. The van der Waals surface area contributed by atoms with Gasteiger partial charge in [0.2, 0.25) is 0 Å². The first kappa shape index (κ1) is 13.4. The van der Waals surface area contributed by atoms with E-state index in [9.17, 15) is 0 Å². The molecule has 0 radical (unpaired) electrons. The molecule has 15 heavy (non-hydrogen) atoms. The Morgan fingerprint density at radius 3 is 1.60 bits per heavy atom. The highest BCUT2D eigenvalue weighted by Gasteiger charge is 1.74. The number of rotatable bonds is 8. The largest absolute Gasteiger partial charge is 0.494 e. The van der Waals surface area contributed by atoms with Crippen LogP contribution in [0.25, 0.3) is 0 Å². The van der Waals surface area contributed by atoms with Gasteiger partial charge in [-0.05, 0) is 13.8 Å². The van der Waals surface area contributed by atoms with Crippen LogP contribution in [-0.4, -0.2) is 13.2 Å². The predicted molar refractivity (Wildman–Crippen MR) is 60.9 cm³/mol. The van der Waals surface area contributed by atoms with E-state index in [0.29, 0.717) is 13.2 Å². The second-order valence-corrected chi connectivity index (χ2v) is 2.49. The zero-order valence-electron chi connectivity index (χ0n) is 9.26. The Morgan fingerprint density at radius 1 is 0.733 bits per heavy atom. The smallest absolute Gasteiger partial charge is 0.125 e. The summed E-state index contributed by atoms with van der Waals surface area (Å²) in [6, 6.07) is 0. The molecule has 3 heteroatoms. The van der Waals surface area contributed by atoms with Gasteiger partial charge in [-0.25, -0.2) is 0 Å². The van der Waals surface area contributed by atoms with Crippen LogP contribution in [0.3, 0.4) is 0 Å². The van der Waals surface area contributed by atoms with Gasteiger partial charge in [0, 0.05) is 0 Å². The predicted octanol–water partition coefficient (Wildman–Crippen LogP) is 3.13. The van der Waals surface area contributed by atoms with E-state index in [4.69, 9.17) is 14.2 Å². The fraction of sp³-hybridized carbons (Fsp3) is 0.333. The lowest BCUT2D eigenvalue weighted by Gasteiger charge is -1.94. The maximum atomic E-state index is 5.04. The summed E-state index contributed by atoms with van der Waals surface area (Å²) in [6.07, 6.45) is 13.5. The number of ether oxygens (including phenoxy) is 3. The summed E-state index contributed by atoms with van der Waals surface area (Å²) in [4.78, 5) is 0. The van der Waals surface area contributed by atoms with Gasteiger partial charge in [-0.15, -0.1) is 0 Å². The van der Waals surface area contributed by atoms with E-state index in [1.807, 2.05) is 38.2 Å². The summed E-state index contributed by atoms with van der Waals surface area (Å²) in [6.45, 7) is 4.98. The highest BCUT2D eigenvalue weighted by molar-refractivity contribution is 4.79. The fourth-order valence-corrected chi connectivity index (χ4v) is 0.603. The number of hydrogen-bond donors (Lipinski definition) is 0. The summed E-state index contributed by atoms with van der Waals surface area (Å²) >= 11 is 0. The molecule has 0 saturated heterocycles. The summed E-state index contributed by atoms with van der Waals surface area (Å²) < 4.78 is 15.0. The number of hydrogen-bond acceptors (Lipinski definition) is 3. The van der Waals surface area contributed by atoms with Crippen molar-refractivity contribution >= 4 is 0 Å². The van der Waals surface area contributed by atoms with Gasteiger partial charge in [0.15, 0.2) is 0 Å². The van der Waals surface area contributed by atoms with Gasteiger partial charge in [0.05, 0.1) is 0 Å². The normalized spacial score (nSPS) is 12.1. The molecule has 0 aromatic rings. The average molecular weight is 210 g/mol. The molecular weight excluding hydrogens is 192 g/mol. The van der Waals surface area contributed by atoms with Crippen LogP contribution >= 0.6 is 0 Å². The Morgan fingerprint density at radius 2 is 1.20 bits per heavy atom. The standard InChI is InChI=1S/C12H18O3/c1-3-5-7-13-9-11-15-12-10-14-8-6-4-2/h3-6,9-12H,7-8H2,1-2H3. The second kappa shape index (κ2) is 12.4. The molecule has 0 aliphatic heterocycles. The first-order valence-electron chi connectivity index (χ1n) is 4.82. The van der Waals surface area contributed by atoms with Gasteiger partial charge >= 0.3 is 0 Å². The van der Waals surface area contributed by atoms with E-state index >= 15 is 0 Å². The van der Waals surface area contributed by atoms with Crippen LogP contribution < -0.4 is 0 Å². The van der Waals surface area contributed by atoms with E-state index in [0.717, 1.165) is 0 Å². The molecule has 0 rings (SSSR count). The quantitative estimate of drug-likeness (QED) is 0.350. The van der Waals surface area contributed by atoms with E-state index in [-0.39, 0.29) is 0 Å². The molecule has 0 amide bonds. The Labute approximate surface area is 91.3 Å². The summed E-state index contributed by atoms with van der Waals surface area (Å²) in [5.41, 5.74) is 0. The highest BCUT2D eigenvalue weighted by Crippen LogP contribution is 1.85. The van der Waals surface area contributed by atoms with Gasteiger partial charge in [-0.3, -0.25) is 0 Å². The van der Waals surface area contributed by atoms with Crippen LogP contribution in [0.2, 0.25) is 0 Å². The lowest BCUT2D eigenvalue weighted by Crippen LogP contribution is -1.81. The van der Waals surface area contributed by atoms with Crippen molar-refractivity contribution in [2.75, 3.05) is 13.2 Å². The van der Waals surface area contributed by atoms with Crippen molar-refractivity contribution in [2.45, 2.75) is 13.8 Å². The zero-order valence-corrected chi connectivity index (χ0v) is 9.26. The van der Waals surface area contributed by atoms with Gasteiger partial charge < -0.3 is 14.2 Å². The van der Waals surface area contributed by atoms with Gasteiger partial charge in [-0.2, -0.15) is 0 Å². The molecule has 0 N–H and O–H groups in total. The minimum absolute atomic E-state index is 0.553. The summed E-state index contributed by atoms with van der Waals surface area (Å²) in [7, 11) is 0. The molecule has 0 aliphatic rings. The third kappa shape index (κ3) is 12.4. The van der Waals surface area contributed by atoms with Gasteiger partial charge in [-0.1, -0.05) is 24.3 Å². The SMILES string of the molecule is CC=CCOC=COC=COCC=CC. The van der Waals surface area contributed by atoms with Crippen LogP contribution in [-0.2, 0) is 14.2 Å². The first-order chi connectivity index (χ1) is 7.41. The Balaban J connectivity index is 3.28. The summed E-state index contributed by atoms with van der Waals surface area (Å²) in [5, 5.41) is 0. The number of allylic oxidation sites excluding steroid dienone is 2. The van der Waals surface area contributed by atoms with Crippen LogP contribution in [0.1, 0.15) is 13.8 Å². The second-order valence-electron chi connectivity index (χ2n) is 2.49. The molecular formula is C12H18O3. The highest BCUT2D eigenvalue weighted by atomic mass is 16.5.